The summed E-state index contributed by atoms with van der Waals surface area (Å²) in [6, 6.07) is 12.3. The maximum Gasteiger partial charge on any atom is 0.270 e. The van der Waals surface area contributed by atoms with Crippen LogP contribution in [-0.4, -0.2) is 33.4 Å². The molecule has 2 aromatic heterocycles. The SMILES string of the molecule is Cc1ccc2c(c1)c(C)c(C(=O)N(C)[C@@H](C)Cc1ccccn1)n2C. The molecule has 0 saturated carbocycles. The van der Waals surface area contributed by atoms with Crippen molar-refractivity contribution in [2.75, 3.05) is 7.05 Å². The van der Waals surface area contributed by atoms with Gasteiger partial charge in [-0.2, -0.15) is 0 Å². The topological polar surface area (TPSA) is 38.1 Å². The number of pyridine rings is 1. The van der Waals surface area contributed by atoms with Gasteiger partial charge in [-0.15, -0.1) is 0 Å². The van der Waals surface area contributed by atoms with E-state index in [0.29, 0.717) is 0 Å². The van der Waals surface area contributed by atoms with Gasteiger partial charge in [0.1, 0.15) is 5.69 Å². The molecule has 25 heavy (non-hydrogen) atoms. The maximum atomic E-state index is 13.2. The quantitative estimate of drug-likeness (QED) is 0.725. The maximum absolute atomic E-state index is 13.2. The number of likely N-dealkylation sites (N-methyl/N-ethyl adjacent to an activating group) is 1. The van der Waals surface area contributed by atoms with Crippen molar-refractivity contribution in [3.63, 3.8) is 0 Å². The lowest BCUT2D eigenvalue weighted by Crippen LogP contribution is -2.37. The monoisotopic (exact) mass is 335 g/mol. The van der Waals surface area contributed by atoms with Crippen LogP contribution in [0.15, 0.2) is 42.6 Å². The lowest BCUT2D eigenvalue weighted by molar-refractivity contribution is 0.0733. The van der Waals surface area contributed by atoms with Gasteiger partial charge in [-0.05, 0) is 50.6 Å². The lowest BCUT2D eigenvalue weighted by atomic mass is 10.1. The highest BCUT2D eigenvalue weighted by molar-refractivity contribution is 6.01. The molecule has 0 aliphatic heterocycles. The molecule has 4 heteroatoms. The standard InChI is InChI=1S/C21H25N3O/c1-14-9-10-19-18(12-14)16(3)20(24(19)5)21(25)23(4)15(2)13-17-8-6-7-11-22-17/h6-12,15H,13H2,1-5H3/t15-/m0/s1. The minimum atomic E-state index is 0.0530. The normalized spacial score (nSPS) is 12.4. The van der Waals surface area contributed by atoms with Crippen molar-refractivity contribution in [1.82, 2.24) is 14.5 Å². The molecule has 1 amide bonds. The Morgan fingerprint density at radius 1 is 1.24 bits per heavy atom. The number of hydrogen-bond acceptors (Lipinski definition) is 2. The summed E-state index contributed by atoms with van der Waals surface area (Å²) in [6.07, 6.45) is 2.53. The van der Waals surface area contributed by atoms with E-state index in [4.69, 9.17) is 0 Å². The number of aryl methyl sites for hydroxylation is 3. The number of carbonyl (C=O) groups excluding carboxylic acids is 1. The Balaban J connectivity index is 1.91. The first-order valence-corrected chi connectivity index (χ1v) is 8.63. The molecular formula is C21H25N3O. The van der Waals surface area contributed by atoms with E-state index >= 15 is 0 Å². The van der Waals surface area contributed by atoms with E-state index in [1.54, 1.807) is 6.20 Å². The fraction of sp³-hybridized carbons (Fsp3) is 0.333. The second-order valence-corrected chi connectivity index (χ2v) is 6.84. The highest BCUT2D eigenvalue weighted by Crippen LogP contribution is 2.27. The zero-order chi connectivity index (χ0) is 18.1. The van der Waals surface area contributed by atoms with Crippen LogP contribution in [0.4, 0.5) is 0 Å². The molecule has 2 heterocycles. The predicted molar refractivity (Wildman–Crippen MR) is 102 cm³/mol. The number of amides is 1. The van der Waals surface area contributed by atoms with Gasteiger partial charge in [0.15, 0.2) is 0 Å². The van der Waals surface area contributed by atoms with Crippen molar-refractivity contribution >= 4 is 16.8 Å². The third-order valence-corrected chi connectivity index (χ3v) is 5.02. The van der Waals surface area contributed by atoms with Gasteiger partial charge in [-0.1, -0.05) is 17.7 Å². The average Bonchev–Trinajstić information content (AvgIpc) is 2.85. The summed E-state index contributed by atoms with van der Waals surface area (Å²) < 4.78 is 2.01. The Morgan fingerprint density at radius 3 is 2.68 bits per heavy atom. The van der Waals surface area contributed by atoms with Gasteiger partial charge in [-0.3, -0.25) is 9.78 Å². The summed E-state index contributed by atoms with van der Waals surface area (Å²) in [5.74, 6) is 0.0530. The number of fused-ring (bicyclic) bond motifs is 1. The number of hydrogen-bond donors (Lipinski definition) is 0. The third-order valence-electron chi connectivity index (χ3n) is 5.02. The van der Waals surface area contributed by atoms with Gasteiger partial charge in [0, 0.05) is 49.4 Å². The largest absolute Gasteiger partial charge is 0.339 e. The molecule has 1 aromatic carbocycles. The van der Waals surface area contributed by atoms with Crippen molar-refractivity contribution < 1.29 is 4.79 Å². The minimum absolute atomic E-state index is 0.0530. The van der Waals surface area contributed by atoms with Gasteiger partial charge in [0.05, 0.1) is 0 Å². The average molecular weight is 335 g/mol. The van der Waals surface area contributed by atoms with Crippen LogP contribution < -0.4 is 0 Å². The van der Waals surface area contributed by atoms with Crippen molar-refractivity contribution in [1.29, 1.82) is 0 Å². The van der Waals surface area contributed by atoms with E-state index in [9.17, 15) is 4.79 Å². The molecule has 0 fully saturated rings. The second-order valence-electron chi connectivity index (χ2n) is 6.84. The molecule has 0 aliphatic rings. The second kappa shape index (κ2) is 6.71. The minimum Gasteiger partial charge on any atom is -0.339 e. The summed E-state index contributed by atoms with van der Waals surface area (Å²) in [7, 11) is 3.84. The van der Waals surface area contributed by atoms with Gasteiger partial charge in [0.2, 0.25) is 0 Å². The fourth-order valence-electron chi connectivity index (χ4n) is 3.37. The summed E-state index contributed by atoms with van der Waals surface area (Å²) in [5.41, 5.74) is 5.10. The zero-order valence-corrected chi connectivity index (χ0v) is 15.6. The molecule has 130 valence electrons. The van der Waals surface area contributed by atoms with E-state index < -0.39 is 0 Å². The Labute approximate surface area is 149 Å². The predicted octanol–water partition coefficient (Wildman–Crippen LogP) is 3.89. The summed E-state index contributed by atoms with van der Waals surface area (Å²) >= 11 is 0. The number of aromatic nitrogens is 2. The first-order valence-electron chi connectivity index (χ1n) is 8.63. The van der Waals surface area contributed by atoms with Crippen LogP contribution in [0.3, 0.4) is 0 Å². The van der Waals surface area contributed by atoms with Crippen LogP contribution in [0.5, 0.6) is 0 Å². The van der Waals surface area contributed by atoms with Crippen LogP contribution in [0.1, 0.15) is 34.2 Å². The number of nitrogens with zero attached hydrogens (tertiary/aromatic N) is 3. The van der Waals surface area contributed by atoms with E-state index in [1.807, 2.05) is 48.7 Å². The zero-order valence-electron chi connectivity index (χ0n) is 15.6. The van der Waals surface area contributed by atoms with Crippen LogP contribution in [0, 0.1) is 13.8 Å². The summed E-state index contributed by atoms with van der Waals surface area (Å²) in [4.78, 5) is 19.3. The van der Waals surface area contributed by atoms with Gasteiger partial charge < -0.3 is 9.47 Å². The van der Waals surface area contributed by atoms with E-state index in [1.165, 1.54) is 5.56 Å². The molecule has 0 saturated heterocycles. The molecule has 1 atom stereocenters. The molecule has 3 rings (SSSR count). The molecule has 0 N–H and O–H groups in total. The van der Waals surface area contributed by atoms with E-state index in [0.717, 1.165) is 34.3 Å². The third kappa shape index (κ3) is 3.16. The van der Waals surface area contributed by atoms with E-state index in [2.05, 4.69) is 37.0 Å². The number of rotatable bonds is 4. The van der Waals surface area contributed by atoms with Crippen LogP contribution in [0.2, 0.25) is 0 Å². The molecular weight excluding hydrogens is 310 g/mol. The summed E-state index contributed by atoms with van der Waals surface area (Å²) in [5, 5.41) is 1.15. The van der Waals surface area contributed by atoms with Crippen molar-refractivity contribution in [2.45, 2.75) is 33.2 Å². The van der Waals surface area contributed by atoms with Crippen molar-refractivity contribution in [3.8, 4) is 0 Å². The van der Waals surface area contributed by atoms with Crippen LogP contribution in [-0.2, 0) is 13.5 Å². The Morgan fingerprint density at radius 2 is 2.00 bits per heavy atom. The van der Waals surface area contributed by atoms with Crippen molar-refractivity contribution in [3.05, 3.63) is 65.1 Å². The Hall–Kier alpha value is -2.62. The van der Waals surface area contributed by atoms with Gasteiger partial charge in [0.25, 0.3) is 5.91 Å². The highest BCUT2D eigenvalue weighted by atomic mass is 16.2. The van der Waals surface area contributed by atoms with Crippen molar-refractivity contribution in [2.24, 2.45) is 7.05 Å². The first kappa shape index (κ1) is 17.2. The van der Waals surface area contributed by atoms with Crippen LogP contribution in [0.25, 0.3) is 10.9 Å². The Kier molecular flexibility index (Phi) is 4.62. The molecule has 0 spiro atoms. The summed E-state index contributed by atoms with van der Waals surface area (Å²) in [6.45, 7) is 6.18. The molecule has 3 aromatic rings. The molecule has 0 radical (unpaired) electrons. The van der Waals surface area contributed by atoms with E-state index in [-0.39, 0.29) is 11.9 Å². The smallest absolute Gasteiger partial charge is 0.270 e. The molecule has 4 nitrogen and oxygen atoms in total. The molecule has 0 bridgehead atoms. The van der Waals surface area contributed by atoms with Crippen LogP contribution >= 0.6 is 0 Å². The first-order chi connectivity index (χ1) is 11.9. The highest BCUT2D eigenvalue weighted by Gasteiger charge is 2.24. The van der Waals surface area contributed by atoms with Gasteiger partial charge in [-0.25, -0.2) is 0 Å². The number of carbonyl (C=O) groups is 1. The lowest BCUT2D eigenvalue weighted by Gasteiger charge is -2.25. The van der Waals surface area contributed by atoms with Gasteiger partial charge >= 0.3 is 0 Å². The molecule has 0 unspecified atom stereocenters. The Bertz CT molecular complexity index is 912. The number of benzene rings is 1. The fourth-order valence-corrected chi connectivity index (χ4v) is 3.37. The molecule has 0 aliphatic carbocycles.